The van der Waals surface area contributed by atoms with Crippen LogP contribution >= 0.6 is 0 Å². The zero-order valence-electron chi connectivity index (χ0n) is 17.7. The second-order valence-corrected chi connectivity index (χ2v) is 7.91. The number of aliphatic hydroxyl groups is 1. The molecule has 5 rings (SSSR count). The molecule has 32 heavy (non-hydrogen) atoms. The summed E-state index contributed by atoms with van der Waals surface area (Å²) in [5, 5.41) is 35.7. The van der Waals surface area contributed by atoms with Crippen LogP contribution in [0.3, 0.4) is 0 Å². The van der Waals surface area contributed by atoms with E-state index >= 15 is 0 Å². The first kappa shape index (κ1) is 23.1. The molecule has 1 aromatic carbocycles. The number of nitrogens with zero attached hydrogens (tertiary/aromatic N) is 5. The number of fused-ring (bicyclic) bond motifs is 2. The first-order chi connectivity index (χ1) is 15.5. The van der Waals surface area contributed by atoms with Gasteiger partial charge in [-0.3, -0.25) is 9.59 Å². The summed E-state index contributed by atoms with van der Waals surface area (Å²) in [6.45, 7) is 3.43. The Balaban J connectivity index is 0.000000437. The van der Waals surface area contributed by atoms with Gasteiger partial charge in [-0.05, 0) is 31.6 Å². The van der Waals surface area contributed by atoms with Crippen LogP contribution in [0.4, 0.5) is 5.82 Å². The highest BCUT2D eigenvalue weighted by Crippen LogP contribution is 2.43. The first-order valence-corrected chi connectivity index (χ1v) is 10.3. The lowest BCUT2D eigenvalue weighted by Crippen LogP contribution is -2.35. The van der Waals surface area contributed by atoms with E-state index in [2.05, 4.69) is 48.9 Å². The highest BCUT2D eigenvalue weighted by atomic mass is 16.3. The standard InChI is InChI=1S/C20H23N5O.2CH2O2/c1-13-16-4-2-3-5-17(16)20(23-22-13)25-10-14-8-18(24-7-6-21-12-24)19(26)9-15(14)11-25;2*2-1-3/h2-7,12,14-15,18-19,26H,8-11H2,1H3;2*1H,(H,2,3)/t14-,15+,18-,19-;;/m1../s1. The summed E-state index contributed by atoms with van der Waals surface area (Å²) in [7, 11) is 0. The number of carbonyl (C=O) groups is 2. The predicted molar refractivity (Wildman–Crippen MR) is 117 cm³/mol. The Morgan fingerprint density at radius 2 is 1.62 bits per heavy atom. The maximum Gasteiger partial charge on any atom is 0.290 e. The molecule has 170 valence electrons. The maximum absolute atomic E-state index is 10.7. The number of imidazole rings is 1. The first-order valence-electron chi connectivity index (χ1n) is 10.3. The summed E-state index contributed by atoms with van der Waals surface area (Å²) in [5.41, 5.74) is 0.969. The third-order valence-electron chi connectivity index (χ3n) is 6.17. The average molecular weight is 441 g/mol. The molecule has 4 atom stereocenters. The fourth-order valence-electron chi connectivity index (χ4n) is 4.82. The van der Waals surface area contributed by atoms with E-state index in [-0.39, 0.29) is 25.1 Å². The van der Waals surface area contributed by atoms with Gasteiger partial charge in [0, 0.05) is 36.3 Å². The van der Waals surface area contributed by atoms with Crippen molar-refractivity contribution >= 4 is 29.5 Å². The van der Waals surface area contributed by atoms with Gasteiger partial charge in [0.25, 0.3) is 12.9 Å². The van der Waals surface area contributed by atoms with Gasteiger partial charge < -0.3 is 24.8 Å². The van der Waals surface area contributed by atoms with Gasteiger partial charge in [-0.1, -0.05) is 24.3 Å². The molecule has 2 fully saturated rings. The fourth-order valence-corrected chi connectivity index (χ4v) is 4.82. The number of aryl methyl sites for hydroxylation is 1. The van der Waals surface area contributed by atoms with Crippen LogP contribution < -0.4 is 4.90 Å². The van der Waals surface area contributed by atoms with Gasteiger partial charge in [0.05, 0.1) is 24.2 Å². The Morgan fingerprint density at radius 3 is 2.25 bits per heavy atom. The number of hydrogen-bond acceptors (Lipinski definition) is 7. The van der Waals surface area contributed by atoms with E-state index in [1.54, 1.807) is 6.20 Å². The third-order valence-corrected chi connectivity index (χ3v) is 6.17. The molecule has 10 heteroatoms. The van der Waals surface area contributed by atoms with Crippen LogP contribution in [-0.4, -0.2) is 67.2 Å². The van der Waals surface area contributed by atoms with Crippen LogP contribution in [0.2, 0.25) is 0 Å². The molecule has 3 N–H and O–H groups in total. The predicted octanol–water partition coefficient (Wildman–Crippen LogP) is 1.98. The molecule has 2 aromatic heterocycles. The van der Waals surface area contributed by atoms with Crippen LogP contribution in [0.5, 0.6) is 0 Å². The Labute approximate surface area is 185 Å². The Bertz CT molecular complexity index is 1020. The minimum Gasteiger partial charge on any atom is -0.483 e. The van der Waals surface area contributed by atoms with Gasteiger partial charge in [-0.15, -0.1) is 5.10 Å². The van der Waals surface area contributed by atoms with Gasteiger partial charge in [0.2, 0.25) is 0 Å². The summed E-state index contributed by atoms with van der Waals surface area (Å²) in [5.74, 6) is 2.05. The maximum atomic E-state index is 10.7. The van der Waals surface area contributed by atoms with Crippen LogP contribution in [0, 0.1) is 18.8 Å². The van der Waals surface area contributed by atoms with Crippen molar-refractivity contribution in [1.29, 1.82) is 0 Å². The molecule has 3 aromatic rings. The average Bonchev–Trinajstić information content (AvgIpc) is 3.44. The molecule has 0 unspecified atom stereocenters. The number of carboxylic acid groups (broad SMARTS) is 2. The van der Waals surface area contributed by atoms with E-state index in [0.717, 1.165) is 37.4 Å². The van der Waals surface area contributed by atoms with Gasteiger partial charge in [-0.2, -0.15) is 5.10 Å². The molecule has 1 aliphatic carbocycles. The largest absolute Gasteiger partial charge is 0.483 e. The van der Waals surface area contributed by atoms with Crippen molar-refractivity contribution in [2.45, 2.75) is 31.9 Å². The molecule has 0 amide bonds. The van der Waals surface area contributed by atoms with Crippen molar-refractivity contribution in [2.24, 2.45) is 11.8 Å². The van der Waals surface area contributed by atoms with Crippen molar-refractivity contribution in [3.8, 4) is 0 Å². The van der Waals surface area contributed by atoms with E-state index in [1.807, 2.05) is 19.4 Å². The summed E-state index contributed by atoms with van der Waals surface area (Å²) < 4.78 is 2.06. The summed E-state index contributed by atoms with van der Waals surface area (Å²) in [6, 6.07) is 8.49. The minimum absolute atomic E-state index is 0.125. The van der Waals surface area contributed by atoms with Crippen LogP contribution in [0.1, 0.15) is 24.6 Å². The topological polar surface area (TPSA) is 142 Å². The van der Waals surface area contributed by atoms with E-state index < -0.39 is 0 Å². The van der Waals surface area contributed by atoms with Gasteiger partial charge in [0.15, 0.2) is 5.82 Å². The van der Waals surface area contributed by atoms with Crippen molar-refractivity contribution in [3.63, 3.8) is 0 Å². The fraction of sp³-hybridized carbons (Fsp3) is 0.409. The molecule has 3 heterocycles. The van der Waals surface area contributed by atoms with Gasteiger partial charge in [0.1, 0.15) is 0 Å². The lowest BCUT2D eigenvalue weighted by atomic mass is 9.77. The summed E-state index contributed by atoms with van der Waals surface area (Å²) in [4.78, 5) is 23.2. The van der Waals surface area contributed by atoms with Gasteiger partial charge >= 0.3 is 0 Å². The van der Waals surface area contributed by atoms with Crippen molar-refractivity contribution in [3.05, 3.63) is 48.7 Å². The molecule has 1 aliphatic heterocycles. The lowest BCUT2D eigenvalue weighted by molar-refractivity contribution is -0.123. The highest BCUT2D eigenvalue weighted by molar-refractivity contribution is 5.93. The van der Waals surface area contributed by atoms with E-state index in [4.69, 9.17) is 19.8 Å². The Hall–Kier alpha value is -3.53. The van der Waals surface area contributed by atoms with Gasteiger partial charge in [-0.25, -0.2) is 4.98 Å². The molecule has 2 aliphatic rings. The number of anilines is 1. The second kappa shape index (κ2) is 10.7. The number of benzene rings is 1. The lowest BCUT2D eigenvalue weighted by Gasteiger charge is -2.35. The van der Waals surface area contributed by atoms with Crippen molar-refractivity contribution in [1.82, 2.24) is 19.7 Å². The Kier molecular flexibility index (Phi) is 7.72. The Morgan fingerprint density at radius 1 is 1.00 bits per heavy atom. The molecular formula is C22H27N5O5. The van der Waals surface area contributed by atoms with E-state index in [1.165, 1.54) is 10.8 Å². The van der Waals surface area contributed by atoms with Crippen LogP contribution in [-0.2, 0) is 9.59 Å². The number of hydrogen-bond donors (Lipinski definition) is 3. The number of aromatic nitrogens is 4. The molecule has 1 saturated carbocycles. The second-order valence-electron chi connectivity index (χ2n) is 7.91. The zero-order valence-corrected chi connectivity index (χ0v) is 17.7. The number of rotatable bonds is 2. The highest BCUT2D eigenvalue weighted by Gasteiger charge is 2.42. The van der Waals surface area contributed by atoms with Crippen LogP contribution in [0.25, 0.3) is 10.8 Å². The minimum atomic E-state index is -0.314. The normalized spacial score (nSPS) is 23.9. The molecule has 10 nitrogen and oxygen atoms in total. The molecular weight excluding hydrogens is 414 g/mol. The smallest absolute Gasteiger partial charge is 0.290 e. The van der Waals surface area contributed by atoms with Crippen molar-refractivity contribution in [2.75, 3.05) is 18.0 Å². The SMILES string of the molecule is Cc1nnc(N2C[C@H]3C[C@@H](n4ccnc4)[C@H](O)C[C@H]3C2)c2ccccc12.O=CO.O=CO. The van der Waals surface area contributed by atoms with Crippen LogP contribution in [0.15, 0.2) is 43.0 Å². The van der Waals surface area contributed by atoms with Crippen molar-refractivity contribution < 1.29 is 24.9 Å². The summed E-state index contributed by atoms with van der Waals surface area (Å²) in [6.07, 6.45) is 7.07. The van der Waals surface area contributed by atoms with E-state index in [9.17, 15) is 5.11 Å². The number of aliphatic hydroxyl groups excluding tert-OH is 1. The quantitative estimate of drug-likeness (QED) is 0.509. The molecule has 0 radical (unpaired) electrons. The van der Waals surface area contributed by atoms with E-state index in [0.29, 0.717) is 11.8 Å². The molecule has 1 saturated heterocycles. The third kappa shape index (κ3) is 4.86. The molecule has 0 bridgehead atoms. The monoisotopic (exact) mass is 441 g/mol. The summed E-state index contributed by atoms with van der Waals surface area (Å²) >= 11 is 0. The molecule has 0 spiro atoms. The zero-order chi connectivity index (χ0) is 23.1.